The standard InChI is InChI=1S/C17H19NO/c1-13-15(14-7-4-3-5-8-14)9-6-10-16(13)18-17(19-2)11-12-17/h3-10,18H,11-12H2,1-2H3. The molecule has 1 saturated carbocycles. The van der Waals surface area contributed by atoms with Gasteiger partial charge in [0.05, 0.1) is 0 Å². The van der Waals surface area contributed by atoms with Crippen molar-refractivity contribution in [2.75, 3.05) is 12.4 Å². The van der Waals surface area contributed by atoms with Gasteiger partial charge in [0.25, 0.3) is 0 Å². The summed E-state index contributed by atoms with van der Waals surface area (Å²) in [7, 11) is 1.77. The average Bonchev–Trinajstić information content (AvgIpc) is 3.23. The molecule has 2 aromatic rings. The lowest BCUT2D eigenvalue weighted by atomic mass is 9.99. The summed E-state index contributed by atoms with van der Waals surface area (Å²) in [4.78, 5) is 0. The molecule has 1 aliphatic carbocycles. The molecule has 2 nitrogen and oxygen atoms in total. The molecule has 0 amide bonds. The van der Waals surface area contributed by atoms with E-state index in [1.165, 1.54) is 22.4 Å². The molecule has 0 spiro atoms. The second kappa shape index (κ2) is 4.71. The Balaban J connectivity index is 1.95. The molecule has 0 aromatic heterocycles. The third-order valence-corrected chi connectivity index (χ3v) is 3.88. The number of benzene rings is 2. The minimum atomic E-state index is -0.125. The summed E-state index contributed by atoms with van der Waals surface area (Å²) in [6.07, 6.45) is 2.16. The lowest BCUT2D eigenvalue weighted by Gasteiger charge is -2.20. The van der Waals surface area contributed by atoms with E-state index in [4.69, 9.17) is 4.74 Å². The minimum absolute atomic E-state index is 0.125. The lowest BCUT2D eigenvalue weighted by Crippen LogP contribution is -2.23. The summed E-state index contributed by atoms with van der Waals surface area (Å²) in [6, 6.07) is 16.9. The fraction of sp³-hybridized carbons (Fsp3) is 0.294. The highest BCUT2D eigenvalue weighted by molar-refractivity contribution is 5.74. The zero-order chi connectivity index (χ0) is 13.3. The summed E-state index contributed by atoms with van der Waals surface area (Å²) < 4.78 is 5.54. The summed E-state index contributed by atoms with van der Waals surface area (Å²) >= 11 is 0. The first-order valence-corrected chi connectivity index (χ1v) is 6.72. The van der Waals surface area contributed by atoms with Crippen molar-refractivity contribution in [3.63, 3.8) is 0 Å². The summed E-state index contributed by atoms with van der Waals surface area (Å²) in [5.74, 6) is 0. The molecule has 1 aliphatic rings. The maximum atomic E-state index is 5.54. The Morgan fingerprint density at radius 3 is 2.37 bits per heavy atom. The Hall–Kier alpha value is -1.80. The molecule has 0 saturated heterocycles. The van der Waals surface area contributed by atoms with E-state index >= 15 is 0 Å². The van der Waals surface area contributed by atoms with Crippen molar-refractivity contribution in [3.05, 3.63) is 54.1 Å². The van der Waals surface area contributed by atoms with Gasteiger partial charge in [0, 0.05) is 12.8 Å². The van der Waals surface area contributed by atoms with E-state index in [9.17, 15) is 0 Å². The first-order chi connectivity index (χ1) is 9.24. The fourth-order valence-electron chi connectivity index (χ4n) is 2.44. The number of methoxy groups -OCH3 is 1. The van der Waals surface area contributed by atoms with Gasteiger partial charge in [0.1, 0.15) is 5.72 Å². The van der Waals surface area contributed by atoms with Gasteiger partial charge in [-0.25, -0.2) is 0 Å². The van der Waals surface area contributed by atoms with Crippen LogP contribution in [0.3, 0.4) is 0 Å². The van der Waals surface area contributed by atoms with Gasteiger partial charge in [0.2, 0.25) is 0 Å². The molecule has 0 bridgehead atoms. The van der Waals surface area contributed by atoms with Gasteiger partial charge in [-0.1, -0.05) is 42.5 Å². The molecule has 0 aliphatic heterocycles. The van der Waals surface area contributed by atoms with Crippen molar-refractivity contribution in [2.24, 2.45) is 0 Å². The number of hydrogen-bond donors (Lipinski definition) is 1. The van der Waals surface area contributed by atoms with Gasteiger partial charge in [-0.2, -0.15) is 0 Å². The van der Waals surface area contributed by atoms with Gasteiger partial charge in [0.15, 0.2) is 0 Å². The van der Waals surface area contributed by atoms with Crippen LogP contribution in [0.15, 0.2) is 48.5 Å². The molecule has 0 unspecified atom stereocenters. The van der Waals surface area contributed by atoms with Crippen LogP contribution in [0.25, 0.3) is 11.1 Å². The van der Waals surface area contributed by atoms with Crippen LogP contribution in [0, 0.1) is 6.92 Å². The molecule has 0 atom stereocenters. The van der Waals surface area contributed by atoms with E-state index in [1.807, 2.05) is 6.07 Å². The van der Waals surface area contributed by atoms with E-state index in [0.29, 0.717) is 0 Å². The molecular formula is C17H19NO. The zero-order valence-electron chi connectivity index (χ0n) is 11.4. The van der Waals surface area contributed by atoms with Crippen LogP contribution in [-0.4, -0.2) is 12.8 Å². The molecule has 19 heavy (non-hydrogen) atoms. The highest BCUT2D eigenvalue weighted by atomic mass is 16.5. The van der Waals surface area contributed by atoms with Crippen LogP contribution in [0.2, 0.25) is 0 Å². The molecule has 2 aromatic carbocycles. The zero-order valence-corrected chi connectivity index (χ0v) is 11.4. The maximum Gasteiger partial charge on any atom is 0.138 e. The van der Waals surface area contributed by atoms with E-state index in [-0.39, 0.29) is 5.72 Å². The van der Waals surface area contributed by atoms with Crippen LogP contribution >= 0.6 is 0 Å². The summed E-state index contributed by atoms with van der Waals surface area (Å²) in [5, 5.41) is 3.54. The molecular weight excluding hydrogens is 234 g/mol. The first-order valence-electron chi connectivity index (χ1n) is 6.72. The molecule has 98 valence electrons. The first kappa shape index (κ1) is 12.2. The predicted octanol–water partition coefficient (Wildman–Crippen LogP) is 4.21. The SMILES string of the molecule is COC1(Nc2cccc(-c3ccccc3)c2C)CC1. The fourth-order valence-corrected chi connectivity index (χ4v) is 2.44. The van der Waals surface area contributed by atoms with Crippen LogP contribution < -0.4 is 5.32 Å². The topological polar surface area (TPSA) is 21.3 Å². The highest BCUT2D eigenvalue weighted by Gasteiger charge is 2.43. The number of rotatable bonds is 4. The monoisotopic (exact) mass is 253 g/mol. The summed E-state index contributed by atoms with van der Waals surface area (Å²) in [6.45, 7) is 2.16. The third-order valence-electron chi connectivity index (χ3n) is 3.88. The Kier molecular flexibility index (Phi) is 3.03. The predicted molar refractivity (Wildman–Crippen MR) is 79.2 cm³/mol. The smallest absolute Gasteiger partial charge is 0.138 e. The van der Waals surface area contributed by atoms with E-state index in [1.54, 1.807) is 7.11 Å². The van der Waals surface area contributed by atoms with Gasteiger partial charge < -0.3 is 10.1 Å². The highest BCUT2D eigenvalue weighted by Crippen LogP contribution is 2.41. The second-order valence-corrected chi connectivity index (χ2v) is 5.17. The molecule has 0 heterocycles. The van der Waals surface area contributed by atoms with E-state index in [2.05, 4.69) is 54.7 Å². The molecule has 3 rings (SSSR count). The minimum Gasteiger partial charge on any atom is -0.359 e. The Labute approximate surface area is 114 Å². The Morgan fingerprint density at radius 2 is 1.74 bits per heavy atom. The lowest BCUT2D eigenvalue weighted by molar-refractivity contribution is 0.104. The molecule has 1 fully saturated rings. The maximum absolute atomic E-state index is 5.54. The van der Waals surface area contributed by atoms with Gasteiger partial charge in [-0.05, 0) is 42.5 Å². The molecule has 0 radical (unpaired) electrons. The number of ether oxygens (including phenoxy) is 1. The van der Waals surface area contributed by atoms with Crippen molar-refractivity contribution in [2.45, 2.75) is 25.5 Å². The van der Waals surface area contributed by atoms with Gasteiger partial charge in [-0.15, -0.1) is 0 Å². The van der Waals surface area contributed by atoms with Gasteiger partial charge in [-0.3, -0.25) is 0 Å². The number of nitrogens with one attached hydrogen (secondary N) is 1. The van der Waals surface area contributed by atoms with Gasteiger partial charge >= 0.3 is 0 Å². The largest absolute Gasteiger partial charge is 0.359 e. The molecule has 1 N–H and O–H groups in total. The van der Waals surface area contributed by atoms with Crippen LogP contribution in [-0.2, 0) is 4.74 Å². The number of hydrogen-bond acceptors (Lipinski definition) is 2. The molecule has 2 heteroatoms. The summed E-state index contributed by atoms with van der Waals surface area (Å²) in [5.41, 5.74) is 4.85. The quantitative estimate of drug-likeness (QED) is 0.824. The van der Waals surface area contributed by atoms with Crippen LogP contribution in [0.5, 0.6) is 0 Å². The third kappa shape index (κ3) is 2.36. The normalized spacial score (nSPS) is 16.1. The van der Waals surface area contributed by atoms with E-state index in [0.717, 1.165) is 12.8 Å². The number of anilines is 1. The van der Waals surface area contributed by atoms with Crippen LogP contribution in [0.4, 0.5) is 5.69 Å². The van der Waals surface area contributed by atoms with Crippen molar-refractivity contribution >= 4 is 5.69 Å². The van der Waals surface area contributed by atoms with Crippen molar-refractivity contribution in [1.82, 2.24) is 0 Å². The van der Waals surface area contributed by atoms with Crippen molar-refractivity contribution < 1.29 is 4.74 Å². The van der Waals surface area contributed by atoms with E-state index < -0.39 is 0 Å². The van der Waals surface area contributed by atoms with Crippen molar-refractivity contribution in [3.8, 4) is 11.1 Å². The second-order valence-electron chi connectivity index (χ2n) is 5.17. The average molecular weight is 253 g/mol. The Bertz CT molecular complexity index is 573. The van der Waals surface area contributed by atoms with Crippen LogP contribution in [0.1, 0.15) is 18.4 Å². The Morgan fingerprint density at radius 1 is 1.00 bits per heavy atom. The van der Waals surface area contributed by atoms with Crippen molar-refractivity contribution in [1.29, 1.82) is 0 Å².